The zero-order valence-corrected chi connectivity index (χ0v) is 8.62. The topological polar surface area (TPSA) is 63.4 Å². The van der Waals surface area contributed by atoms with Crippen LogP contribution in [-0.2, 0) is 9.59 Å². The number of hydrogen-bond acceptors (Lipinski definition) is 3. The highest BCUT2D eigenvalue weighted by atomic mass is 16.2. The summed E-state index contributed by atoms with van der Waals surface area (Å²) in [7, 11) is 0. The smallest absolute Gasteiger partial charge is 0.233 e. The number of carbonyl (C=O) groups excluding carboxylic acids is 2. The summed E-state index contributed by atoms with van der Waals surface area (Å²) >= 11 is 0. The molecule has 1 saturated heterocycles. The van der Waals surface area contributed by atoms with E-state index in [0.29, 0.717) is 12.1 Å². The third-order valence-corrected chi connectivity index (χ3v) is 2.73. The van der Waals surface area contributed by atoms with Gasteiger partial charge in [0.2, 0.25) is 11.8 Å². The van der Waals surface area contributed by atoms with Crippen molar-refractivity contribution in [3.8, 4) is 0 Å². The van der Waals surface area contributed by atoms with Crippen LogP contribution in [0.4, 0.5) is 0 Å². The summed E-state index contributed by atoms with van der Waals surface area (Å²) in [5.41, 5.74) is 6.06. The Morgan fingerprint density at radius 2 is 1.79 bits per heavy atom. The molecule has 0 bridgehead atoms. The van der Waals surface area contributed by atoms with E-state index in [1.165, 1.54) is 4.90 Å². The maximum absolute atomic E-state index is 11.6. The zero-order valence-electron chi connectivity index (χ0n) is 8.62. The highest BCUT2D eigenvalue weighted by Crippen LogP contribution is 2.25. The van der Waals surface area contributed by atoms with Crippen LogP contribution in [0.25, 0.3) is 0 Å². The predicted molar refractivity (Wildman–Crippen MR) is 53.2 cm³/mol. The fourth-order valence-corrected chi connectivity index (χ4v) is 1.47. The van der Waals surface area contributed by atoms with Gasteiger partial charge in [0.1, 0.15) is 0 Å². The lowest BCUT2D eigenvalue weighted by atomic mass is 10.00. The number of imide groups is 1. The third-order valence-electron chi connectivity index (χ3n) is 2.73. The molecule has 1 rings (SSSR count). The van der Waals surface area contributed by atoms with E-state index in [0.717, 1.165) is 0 Å². The molecule has 0 spiro atoms. The van der Waals surface area contributed by atoms with E-state index in [2.05, 4.69) is 6.58 Å². The van der Waals surface area contributed by atoms with Gasteiger partial charge in [-0.25, -0.2) is 0 Å². The van der Waals surface area contributed by atoms with Gasteiger partial charge in [-0.2, -0.15) is 0 Å². The fourth-order valence-electron chi connectivity index (χ4n) is 1.47. The molecular weight excluding hydrogens is 180 g/mol. The third kappa shape index (κ3) is 1.70. The largest absolute Gasteiger partial charge is 0.327 e. The van der Waals surface area contributed by atoms with Crippen LogP contribution in [-0.4, -0.2) is 29.8 Å². The summed E-state index contributed by atoms with van der Waals surface area (Å²) in [6, 6.07) is 0. The van der Waals surface area contributed by atoms with Crippen molar-refractivity contribution in [3.63, 3.8) is 0 Å². The van der Waals surface area contributed by atoms with Gasteiger partial charge < -0.3 is 5.73 Å². The van der Waals surface area contributed by atoms with Crippen molar-refractivity contribution in [1.82, 2.24) is 4.90 Å². The van der Waals surface area contributed by atoms with Gasteiger partial charge in [0, 0.05) is 18.4 Å². The Morgan fingerprint density at radius 1 is 1.36 bits per heavy atom. The summed E-state index contributed by atoms with van der Waals surface area (Å²) in [4.78, 5) is 24.5. The normalized spacial score (nSPS) is 27.2. The van der Waals surface area contributed by atoms with Gasteiger partial charge in [-0.05, 0) is 5.57 Å². The summed E-state index contributed by atoms with van der Waals surface area (Å²) in [5, 5.41) is 0. The van der Waals surface area contributed by atoms with Gasteiger partial charge in [-0.1, -0.05) is 20.4 Å². The average Bonchev–Trinajstić information content (AvgIpc) is 2.35. The first kappa shape index (κ1) is 10.9. The second-order valence-corrected chi connectivity index (χ2v) is 3.79. The molecule has 2 atom stereocenters. The van der Waals surface area contributed by atoms with E-state index in [4.69, 9.17) is 5.73 Å². The Labute approximate surface area is 83.8 Å². The first-order valence-electron chi connectivity index (χ1n) is 4.71. The van der Waals surface area contributed by atoms with Crippen molar-refractivity contribution in [1.29, 1.82) is 0 Å². The Bertz CT molecular complexity index is 266. The van der Waals surface area contributed by atoms with Crippen LogP contribution in [0.1, 0.15) is 13.8 Å². The van der Waals surface area contributed by atoms with Gasteiger partial charge in [0.25, 0.3) is 0 Å². The first-order valence-corrected chi connectivity index (χ1v) is 4.71. The number of amides is 2. The van der Waals surface area contributed by atoms with Crippen molar-refractivity contribution in [2.24, 2.45) is 17.6 Å². The SMILES string of the molecule is C=C(CN)CN1C(=O)C(C)C(C)C1=O. The van der Waals surface area contributed by atoms with Crippen LogP contribution in [0, 0.1) is 11.8 Å². The highest BCUT2D eigenvalue weighted by molar-refractivity contribution is 6.04. The second-order valence-electron chi connectivity index (χ2n) is 3.79. The van der Waals surface area contributed by atoms with E-state index in [9.17, 15) is 9.59 Å². The molecule has 1 aliphatic rings. The molecule has 0 radical (unpaired) electrons. The lowest BCUT2D eigenvalue weighted by Gasteiger charge is -2.14. The molecule has 4 heteroatoms. The number of carbonyl (C=O) groups is 2. The standard InChI is InChI=1S/C10H16N2O2/c1-6(4-11)5-12-9(13)7(2)8(3)10(12)14/h7-8H,1,4-5,11H2,2-3H3. The molecule has 0 saturated carbocycles. The Balaban J connectivity index is 2.75. The maximum atomic E-state index is 11.6. The van der Waals surface area contributed by atoms with Gasteiger partial charge in [0.05, 0.1) is 6.54 Å². The molecule has 14 heavy (non-hydrogen) atoms. The fraction of sp³-hybridized carbons (Fsp3) is 0.600. The summed E-state index contributed by atoms with van der Waals surface area (Å²) in [6.07, 6.45) is 0. The number of likely N-dealkylation sites (tertiary alicyclic amines) is 1. The quantitative estimate of drug-likeness (QED) is 0.516. The van der Waals surface area contributed by atoms with Gasteiger partial charge in [-0.15, -0.1) is 0 Å². The molecule has 2 unspecified atom stereocenters. The summed E-state index contributed by atoms with van der Waals surface area (Å²) in [6.45, 7) is 7.80. The van der Waals surface area contributed by atoms with Crippen LogP contribution < -0.4 is 5.73 Å². The number of nitrogens with two attached hydrogens (primary N) is 1. The molecular formula is C10H16N2O2. The molecule has 1 aliphatic heterocycles. The van der Waals surface area contributed by atoms with Crippen LogP contribution >= 0.6 is 0 Å². The van der Waals surface area contributed by atoms with Gasteiger partial charge >= 0.3 is 0 Å². The van der Waals surface area contributed by atoms with Crippen LogP contribution in [0.5, 0.6) is 0 Å². The van der Waals surface area contributed by atoms with E-state index in [1.54, 1.807) is 13.8 Å². The monoisotopic (exact) mass is 196 g/mol. The van der Waals surface area contributed by atoms with E-state index < -0.39 is 0 Å². The van der Waals surface area contributed by atoms with Crippen molar-refractivity contribution < 1.29 is 9.59 Å². The van der Waals surface area contributed by atoms with E-state index in [-0.39, 0.29) is 30.2 Å². The van der Waals surface area contributed by atoms with E-state index >= 15 is 0 Å². The average molecular weight is 196 g/mol. The van der Waals surface area contributed by atoms with E-state index in [1.807, 2.05) is 0 Å². The summed E-state index contributed by atoms with van der Waals surface area (Å²) < 4.78 is 0. The molecule has 1 fully saturated rings. The lowest BCUT2D eigenvalue weighted by Crippen LogP contribution is -2.33. The van der Waals surface area contributed by atoms with Crippen molar-refractivity contribution >= 4 is 11.8 Å². The minimum Gasteiger partial charge on any atom is -0.327 e. The van der Waals surface area contributed by atoms with Crippen molar-refractivity contribution in [3.05, 3.63) is 12.2 Å². The molecule has 0 aromatic carbocycles. The van der Waals surface area contributed by atoms with Crippen LogP contribution in [0.3, 0.4) is 0 Å². The number of nitrogens with zero attached hydrogens (tertiary/aromatic N) is 1. The Morgan fingerprint density at radius 3 is 2.14 bits per heavy atom. The van der Waals surface area contributed by atoms with Crippen LogP contribution in [0.15, 0.2) is 12.2 Å². The van der Waals surface area contributed by atoms with Crippen LogP contribution in [0.2, 0.25) is 0 Å². The maximum Gasteiger partial charge on any atom is 0.233 e. The second kappa shape index (κ2) is 3.92. The molecule has 2 amide bonds. The summed E-state index contributed by atoms with van der Waals surface area (Å²) in [5.74, 6) is -0.657. The molecule has 0 aromatic rings. The minimum absolute atomic E-state index is 0.114. The van der Waals surface area contributed by atoms with Gasteiger partial charge in [-0.3, -0.25) is 14.5 Å². The Kier molecular flexibility index (Phi) is 3.06. The molecule has 78 valence electrons. The molecule has 1 heterocycles. The molecule has 0 aliphatic carbocycles. The first-order chi connectivity index (χ1) is 6.49. The number of hydrogen-bond donors (Lipinski definition) is 1. The number of rotatable bonds is 3. The van der Waals surface area contributed by atoms with Gasteiger partial charge in [0.15, 0.2) is 0 Å². The predicted octanol–water partition coefficient (Wildman–Crippen LogP) is 0.142. The van der Waals surface area contributed by atoms with Crippen molar-refractivity contribution in [2.75, 3.05) is 13.1 Å². The molecule has 0 aromatic heterocycles. The highest BCUT2D eigenvalue weighted by Gasteiger charge is 2.41. The molecule has 4 nitrogen and oxygen atoms in total. The van der Waals surface area contributed by atoms with Crippen molar-refractivity contribution in [2.45, 2.75) is 13.8 Å². The zero-order chi connectivity index (χ0) is 10.9. The lowest BCUT2D eigenvalue weighted by molar-refractivity contribution is -0.139. The molecule has 2 N–H and O–H groups in total. The minimum atomic E-state index is -0.215. The Hall–Kier alpha value is -1.16.